The van der Waals surface area contributed by atoms with Gasteiger partial charge in [0.05, 0.1) is 12.8 Å². The smallest absolute Gasteiger partial charge is 0.229 e. The molecule has 0 radical (unpaired) electrons. The predicted octanol–water partition coefficient (Wildman–Crippen LogP) is 5.06. The van der Waals surface area contributed by atoms with Crippen molar-refractivity contribution < 1.29 is 9.59 Å². The summed E-state index contributed by atoms with van der Waals surface area (Å²) in [7, 11) is 0. The minimum atomic E-state index is -0.225. The Labute approximate surface area is 179 Å². The quantitative estimate of drug-likeness (QED) is 0.577. The fourth-order valence-electron chi connectivity index (χ4n) is 2.72. The van der Waals surface area contributed by atoms with Gasteiger partial charge in [0.25, 0.3) is 0 Å². The molecule has 7 heteroatoms. The van der Waals surface area contributed by atoms with Gasteiger partial charge in [0.2, 0.25) is 11.8 Å². The van der Waals surface area contributed by atoms with E-state index < -0.39 is 0 Å². The number of nitrogens with zero attached hydrogens (tertiary/aromatic N) is 1. The lowest BCUT2D eigenvalue weighted by molar-refractivity contribution is -0.116. The van der Waals surface area contributed by atoms with Gasteiger partial charge in [-0.15, -0.1) is 0 Å². The van der Waals surface area contributed by atoms with Crippen LogP contribution in [0, 0.1) is 6.92 Å². The van der Waals surface area contributed by atoms with Crippen LogP contribution < -0.4 is 10.6 Å². The van der Waals surface area contributed by atoms with E-state index in [0.29, 0.717) is 21.6 Å². The monoisotopic (exact) mass is 427 g/mol. The maximum absolute atomic E-state index is 12.3. The van der Waals surface area contributed by atoms with Gasteiger partial charge in [-0.05, 0) is 41.8 Å². The molecule has 3 rings (SSSR count). The molecule has 0 saturated carbocycles. The molecular formula is C22H19Cl2N3O2. The average molecular weight is 428 g/mol. The van der Waals surface area contributed by atoms with E-state index in [1.54, 1.807) is 30.3 Å². The zero-order valence-electron chi connectivity index (χ0n) is 15.7. The van der Waals surface area contributed by atoms with E-state index in [2.05, 4.69) is 15.6 Å². The normalized spacial score (nSPS) is 10.4. The number of rotatable bonds is 6. The van der Waals surface area contributed by atoms with Gasteiger partial charge < -0.3 is 10.6 Å². The van der Waals surface area contributed by atoms with Crippen molar-refractivity contribution in [2.75, 3.05) is 10.6 Å². The van der Waals surface area contributed by atoms with Gasteiger partial charge in [-0.3, -0.25) is 9.59 Å². The summed E-state index contributed by atoms with van der Waals surface area (Å²) in [5.74, 6) is -0.0865. The lowest BCUT2D eigenvalue weighted by Crippen LogP contribution is -2.17. The second-order valence-electron chi connectivity index (χ2n) is 6.55. The molecule has 0 aliphatic carbocycles. The largest absolute Gasteiger partial charge is 0.326 e. The van der Waals surface area contributed by atoms with Crippen LogP contribution in [-0.4, -0.2) is 16.8 Å². The summed E-state index contributed by atoms with van der Waals surface area (Å²) in [6.45, 7) is 1.90. The summed E-state index contributed by atoms with van der Waals surface area (Å²) in [6, 6.07) is 15.9. The molecule has 0 fully saturated rings. The number of carbonyl (C=O) groups is 2. The number of carbonyl (C=O) groups excluding carboxylic acids is 2. The molecular weight excluding hydrogens is 409 g/mol. The third-order valence-corrected chi connectivity index (χ3v) is 5.00. The average Bonchev–Trinajstić information content (AvgIpc) is 2.67. The van der Waals surface area contributed by atoms with Crippen molar-refractivity contribution in [1.29, 1.82) is 0 Å². The number of pyridine rings is 1. The zero-order valence-corrected chi connectivity index (χ0v) is 17.2. The van der Waals surface area contributed by atoms with Crippen LogP contribution in [0.25, 0.3) is 0 Å². The summed E-state index contributed by atoms with van der Waals surface area (Å²) in [5.41, 5.74) is 3.04. The van der Waals surface area contributed by atoms with Gasteiger partial charge in [-0.1, -0.05) is 53.5 Å². The fourth-order valence-corrected chi connectivity index (χ4v) is 3.12. The van der Waals surface area contributed by atoms with Crippen molar-refractivity contribution in [3.63, 3.8) is 0 Å². The molecule has 0 aliphatic rings. The number of nitrogens with one attached hydrogen (secondary N) is 2. The molecule has 0 unspecified atom stereocenters. The number of hydrogen-bond acceptors (Lipinski definition) is 3. The van der Waals surface area contributed by atoms with Crippen molar-refractivity contribution in [2.45, 2.75) is 19.8 Å². The molecule has 2 N–H and O–H groups in total. The number of anilines is 2. The molecule has 0 atom stereocenters. The van der Waals surface area contributed by atoms with Gasteiger partial charge in [0.1, 0.15) is 5.82 Å². The van der Waals surface area contributed by atoms with E-state index >= 15 is 0 Å². The van der Waals surface area contributed by atoms with Crippen molar-refractivity contribution in [2.24, 2.45) is 0 Å². The second-order valence-corrected chi connectivity index (χ2v) is 7.37. The second kappa shape index (κ2) is 9.54. The van der Waals surface area contributed by atoms with Crippen LogP contribution in [0.5, 0.6) is 0 Å². The van der Waals surface area contributed by atoms with Crippen LogP contribution in [0.4, 0.5) is 11.5 Å². The van der Waals surface area contributed by atoms with Crippen LogP contribution in [0.3, 0.4) is 0 Å². The van der Waals surface area contributed by atoms with Crippen molar-refractivity contribution in [3.05, 3.63) is 87.5 Å². The number of halogens is 2. The molecule has 0 aliphatic heterocycles. The number of amides is 2. The summed E-state index contributed by atoms with van der Waals surface area (Å²) < 4.78 is 0. The maximum Gasteiger partial charge on any atom is 0.229 e. The molecule has 1 aromatic heterocycles. The molecule has 2 amide bonds. The minimum Gasteiger partial charge on any atom is -0.326 e. The third kappa shape index (κ3) is 6.04. The van der Waals surface area contributed by atoms with E-state index in [1.807, 2.05) is 31.2 Å². The molecule has 3 aromatic rings. The minimum absolute atomic E-state index is 0.151. The van der Waals surface area contributed by atoms with E-state index in [9.17, 15) is 9.59 Å². The number of aryl methyl sites for hydroxylation is 1. The van der Waals surface area contributed by atoms with Crippen LogP contribution in [0.1, 0.15) is 16.7 Å². The highest BCUT2D eigenvalue weighted by molar-refractivity contribution is 6.31. The first-order chi connectivity index (χ1) is 13.9. The molecule has 148 valence electrons. The van der Waals surface area contributed by atoms with E-state index in [0.717, 1.165) is 16.7 Å². The first-order valence-corrected chi connectivity index (χ1v) is 9.70. The summed E-state index contributed by atoms with van der Waals surface area (Å²) >= 11 is 12.2. The zero-order chi connectivity index (χ0) is 20.8. The maximum atomic E-state index is 12.3. The van der Waals surface area contributed by atoms with Gasteiger partial charge >= 0.3 is 0 Å². The van der Waals surface area contributed by atoms with Crippen LogP contribution in [-0.2, 0) is 22.4 Å². The Morgan fingerprint density at radius 3 is 2.41 bits per heavy atom. The van der Waals surface area contributed by atoms with Gasteiger partial charge in [0.15, 0.2) is 0 Å². The Kier molecular flexibility index (Phi) is 6.86. The molecule has 0 spiro atoms. The van der Waals surface area contributed by atoms with Gasteiger partial charge in [-0.2, -0.15) is 0 Å². The highest BCUT2D eigenvalue weighted by Gasteiger charge is 2.10. The Bertz CT molecular complexity index is 1050. The summed E-state index contributed by atoms with van der Waals surface area (Å²) in [6.07, 6.45) is 1.84. The Morgan fingerprint density at radius 1 is 0.897 bits per heavy atom. The standard InChI is InChI=1S/C22H19Cl2N3O2/c1-14-6-7-15(10-19(14)24)11-21(28)27-20-13-17(8-9-25-20)26-22(29)12-16-4-2-3-5-18(16)23/h2-10,13H,11-12H2,1H3,(H2,25,26,27,28,29). The number of benzene rings is 2. The number of aromatic nitrogens is 1. The van der Waals surface area contributed by atoms with Gasteiger partial charge in [0, 0.05) is 28.0 Å². The van der Waals surface area contributed by atoms with Crippen LogP contribution in [0.2, 0.25) is 10.0 Å². The van der Waals surface area contributed by atoms with Crippen LogP contribution >= 0.6 is 23.2 Å². The van der Waals surface area contributed by atoms with Crippen molar-refractivity contribution in [1.82, 2.24) is 4.98 Å². The first-order valence-electron chi connectivity index (χ1n) is 8.95. The highest BCUT2D eigenvalue weighted by atomic mass is 35.5. The van der Waals surface area contributed by atoms with E-state index in [1.165, 1.54) is 6.20 Å². The van der Waals surface area contributed by atoms with Crippen molar-refractivity contribution >= 4 is 46.5 Å². The predicted molar refractivity (Wildman–Crippen MR) is 117 cm³/mol. The lowest BCUT2D eigenvalue weighted by Gasteiger charge is -2.09. The Morgan fingerprint density at radius 2 is 1.66 bits per heavy atom. The summed E-state index contributed by atoms with van der Waals surface area (Å²) in [5, 5.41) is 6.68. The van der Waals surface area contributed by atoms with Gasteiger partial charge in [-0.25, -0.2) is 4.98 Å². The molecule has 5 nitrogen and oxygen atoms in total. The lowest BCUT2D eigenvalue weighted by atomic mass is 10.1. The highest BCUT2D eigenvalue weighted by Crippen LogP contribution is 2.19. The van der Waals surface area contributed by atoms with E-state index in [4.69, 9.17) is 23.2 Å². The van der Waals surface area contributed by atoms with Crippen LogP contribution in [0.15, 0.2) is 60.8 Å². The SMILES string of the molecule is Cc1ccc(CC(=O)Nc2cc(NC(=O)Cc3ccccc3Cl)ccn2)cc1Cl. The third-order valence-electron chi connectivity index (χ3n) is 4.22. The molecule has 2 aromatic carbocycles. The molecule has 1 heterocycles. The molecule has 29 heavy (non-hydrogen) atoms. The Balaban J connectivity index is 1.60. The molecule has 0 saturated heterocycles. The van der Waals surface area contributed by atoms with E-state index in [-0.39, 0.29) is 24.7 Å². The number of hydrogen-bond donors (Lipinski definition) is 2. The van der Waals surface area contributed by atoms with Crippen molar-refractivity contribution in [3.8, 4) is 0 Å². The fraction of sp³-hybridized carbons (Fsp3) is 0.136. The summed E-state index contributed by atoms with van der Waals surface area (Å²) in [4.78, 5) is 28.7. The Hall–Kier alpha value is -2.89. The molecule has 0 bridgehead atoms. The topological polar surface area (TPSA) is 71.1 Å². The first kappa shape index (κ1) is 20.8.